The Morgan fingerprint density at radius 3 is 2.33 bits per heavy atom. The largest absolute Gasteiger partial charge is 0.381 e. The van der Waals surface area contributed by atoms with Gasteiger partial charge in [-0.05, 0) is 37.1 Å². The smallest absolute Gasteiger partial charge is 0.341 e. The predicted octanol–water partition coefficient (Wildman–Crippen LogP) is 1.67. The van der Waals surface area contributed by atoms with E-state index in [1.165, 1.54) is 12.1 Å². The first-order valence-corrected chi connectivity index (χ1v) is 9.66. The Morgan fingerprint density at radius 1 is 1.19 bits per heavy atom. The monoisotopic (exact) mass is 339 g/mol. The summed E-state index contributed by atoms with van der Waals surface area (Å²) in [6.07, 6.45) is 1.26. The molecule has 0 saturated carbocycles. The topological polar surface area (TPSA) is 80.3 Å². The van der Waals surface area contributed by atoms with E-state index in [9.17, 15) is 25.6 Å². The second-order valence-corrected chi connectivity index (χ2v) is 9.07. The van der Waals surface area contributed by atoms with Crippen LogP contribution >= 0.6 is 0 Å². The van der Waals surface area contributed by atoms with Crippen LogP contribution in [0.25, 0.3) is 0 Å². The van der Waals surface area contributed by atoms with Gasteiger partial charge in [0.05, 0.1) is 16.4 Å². The summed E-state index contributed by atoms with van der Waals surface area (Å²) in [5, 5.41) is 2.98. The van der Waals surface area contributed by atoms with Crippen LogP contribution in [0.4, 0.5) is 14.5 Å². The molecule has 1 aromatic carbocycles. The molecule has 5 nitrogen and oxygen atoms in total. The highest BCUT2D eigenvalue weighted by Crippen LogP contribution is 2.22. The molecule has 1 atom stereocenters. The van der Waals surface area contributed by atoms with Crippen molar-refractivity contribution in [3.63, 3.8) is 0 Å². The van der Waals surface area contributed by atoms with Gasteiger partial charge in [0.25, 0.3) is 0 Å². The lowest BCUT2D eigenvalue weighted by atomic mass is 10.2. The van der Waals surface area contributed by atoms with Gasteiger partial charge in [0.2, 0.25) is 9.84 Å². The van der Waals surface area contributed by atoms with Crippen LogP contribution in [0.15, 0.2) is 29.2 Å². The maximum atomic E-state index is 12.4. The average Bonchev–Trinajstić information content (AvgIpc) is 2.38. The van der Waals surface area contributed by atoms with Crippen LogP contribution in [0.3, 0.4) is 0 Å². The molecule has 0 amide bonds. The van der Waals surface area contributed by atoms with Crippen molar-refractivity contribution >= 4 is 25.4 Å². The third kappa shape index (κ3) is 3.91. The van der Waals surface area contributed by atoms with E-state index in [4.69, 9.17) is 0 Å². The summed E-state index contributed by atoms with van der Waals surface area (Å²) in [7, 11) is -7.65. The number of nitrogens with one attached hydrogen (secondary N) is 1. The highest BCUT2D eigenvalue weighted by atomic mass is 32.2. The fraction of sp³-hybridized carbons (Fsp3) is 0.500. The van der Waals surface area contributed by atoms with Gasteiger partial charge >= 0.3 is 5.76 Å². The van der Waals surface area contributed by atoms with Crippen LogP contribution in [-0.4, -0.2) is 40.1 Å². The van der Waals surface area contributed by atoms with E-state index in [2.05, 4.69) is 5.32 Å². The maximum Gasteiger partial charge on any atom is 0.341 e. The summed E-state index contributed by atoms with van der Waals surface area (Å²) in [4.78, 5) is -0.459. The van der Waals surface area contributed by atoms with Crippen molar-refractivity contribution in [2.75, 3.05) is 16.8 Å². The molecule has 21 heavy (non-hydrogen) atoms. The minimum Gasteiger partial charge on any atom is -0.381 e. The molecule has 1 heterocycles. The van der Waals surface area contributed by atoms with Crippen molar-refractivity contribution < 1.29 is 25.6 Å². The lowest BCUT2D eigenvalue weighted by Crippen LogP contribution is -2.34. The zero-order valence-corrected chi connectivity index (χ0v) is 12.6. The third-order valence-electron chi connectivity index (χ3n) is 3.25. The molecular weight excluding hydrogens is 324 g/mol. The number of hydrogen-bond donors (Lipinski definition) is 1. The standard InChI is InChI=1S/C12H15F2NO4S2/c13-12(14)21(18,19)11-5-3-9(4-6-11)15-10-2-1-7-20(16,17)8-10/h3-6,10,12,15H,1-2,7-8H2. The minimum atomic E-state index is -4.60. The quantitative estimate of drug-likeness (QED) is 0.902. The summed E-state index contributed by atoms with van der Waals surface area (Å²) < 4.78 is 70.3. The van der Waals surface area contributed by atoms with Crippen molar-refractivity contribution in [3.05, 3.63) is 24.3 Å². The Labute approximate surface area is 122 Å². The lowest BCUT2D eigenvalue weighted by Gasteiger charge is -2.24. The zero-order valence-electron chi connectivity index (χ0n) is 11.0. The number of benzene rings is 1. The van der Waals surface area contributed by atoms with E-state index >= 15 is 0 Å². The van der Waals surface area contributed by atoms with Crippen LogP contribution in [0.1, 0.15) is 12.8 Å². The number of rotatable bonds is 4. The summed E-state index contributed by atoms with van der Waals surface area (Å²) >= 11 is 0. The fourth-order valence-corrected chi connectivity index (χ4v) is 4.57. The second kappa shape index (κ2) is 5.88. The Balaban J connectivity index is 2.10. The van der Waals surface area contributed by atoms with Gasteiger partial charge in [-0.15, -0.1) is 0 Å². The highest BCUT2D eigenvalue weighted by Gasteiger charge is 2.27. The van der Waals surface area contributed by atoms with Gasteiger partial charge in [0, 0.05) is 11.7 Å². The van der Waals surface area contributed by atoms with Gasteiger partial charge in [0.1, 0.15) is 0 Å². The van der Waals surface area contributed by atoms with Crippen molar-refractivity contribution in [1.29, 1.82) is 0 Å². The molecule has 0 bridgehead atoms. The first-order valence-electron chi connectivity index (χ1n) is 6.30. The average molecular weight is 339 g/mol. The summed E-state index contributed by atoms with van der Waals surface area (Å²) in [6.45, 7) is 0. The van der Waals surface area contributed by atoms with Crippen LogP contribution in [0.5, 0.6) is 0 Å². The maximum absolute atomic E-state index is 12.4. The summed E-state index contributed by atoms with van der Waals surface area (Å²) in [5.41, 5.74) is 0.505. The molecule has 1 unspecified atom stereocenters. The molecule has 0 spiro atoms. The Morgan fingerprint density at radius 2 is 1.81 bits per heavy atom. The van der Waals surface area contributed by atoms with E-state index in [1.807, 2.05) is 0 Å². The number of hydrogen-bond acceptors (Lipinski definition) is 5. The van der Waals surface area contributed by atoms with E-state index < -0.39 is 30.3 Å². The van der Waals surface area contributed by atoms with Gasteiger partial charge in [-0.25, -0.2) is 16.8 Å². The van der Waals surface area contributed by atoms with E-state index in [0.717, 1.165) is 12.1 Å². The molecule has 1 aliphatic rings. The van der Waals surface area contributed by atoms with Gasteiger partial charge in [-0.3, -0.25) is 0 Å². The Hall–Kier alpha value is -1.22. The first-order chi connectivity index (χ1) is 9.71. The van der Waals surface area contributed by atoms with Gasteiger partial charge in [-0.2, -0.15) is 8.78 Å². The van der Waals surface area contributed by atoms with E-state index in [0.29, 0.717) is 18.5 Å². The fourth-order valence-electron chi connectivity index (χ4n) is 2.22. The molecule has 0 aromatic heterocycles. The predicted molar refractivity (Wildman–Crippen MR) is 74.9 cm³/mol. The Kier molecular flexibility index (Phi) is 4.52. The number of sulfone groups is 2. The third-order valence-corrected chi connectivity index (χ3v) is 6.47. The zero-order chi connectivity index (χ0) is 15.7. The molecule has 1 aliphatic heterocycles. The number of alkyl halides is 2. The molecule has 1 aromatic rings. The van der Waals surface area contributed by atoms with Crippen LogP contribution in [0, 0.1) is 0 Å². The van der Waals surface area contributed by atoms with E-state index in [1.54, 1.807) is 0 Å². The van der Waals surface area contributed by atoms with E-state index in [-0.39, 0.29) is 17.5 Å². The SMILES string of the molecule is O=S1(=O)CCCC(Nc2ccc(S(=O)(=O)C(F)F)cc2)C1. The molecule has 2 rings (SSSR count). The van der Waals surface area contributed by atoms with Crippen LogP contribution < -0.4 is 5.32 Å². The molecule has 9 heteroatoms. The summed E-state index contributed by atoms with van der Waals surface area (Å²) in [5.74, 6) is -3.26. The molecular formula is C12H15F2NO4S2. The molecule has 0 aliphatic carbocycles. The van der Waals surface area contributed by atoms with Crippen LogP contribution in [0.2, 0.25) is 0 Å². The van der Waals surface area contributed by atoms with Crippen molar-refractivity contribution in [2.45, 2.75) is 29.5 Å². The molecule has 1 saturated heterocycles. The van der Waals surface area contributed by atoms with Gasteiger partial charge < -0.3 is 5.32 Å². The second-order valence-electron chi connectivity index (χ2n) is 4.93. The highest BCUT2D eigenvalue weighted by molar-refractivity contribution is 7.91. The normalized spacial score (nSPS) is 22.1. The molecule has 1 fully saturated rings. The molecule has 118 valence electrons. The van der Waals surface area contributed by atoms with Crippen molar-refractivity contribution in [2.24, 2.45) is 0 Å². The van der Waals surface area contributed by atoms with Gasteiger partial charge in [0.15, 0.2) is 9.84 Å². The van der Waals surface area contributed by atoms with Crippen molar-refractivity contribution in [1.82, 2.24) is 0 Å². The number of anilines is 1. The molecule has 1 N–H and O–H groups in total. The lowest BCUT2D eigenvalue weighted by molar-refractivity contribution is 0.234. The number of halogens is 2. The van der Waals surface area contributed by atoms with Gasteiger partial charge in [-0.1, -0.05) is 0 Å². The molecule has 0 radical (unpaired) electrons. The Bertz CT molecular complexity index is 699. The first kappa shape index (κ1) is 16.2. The van der Waals surface area contributed by atoms with Crippen LogP contribution in [-0.2, 0) is 19.7 Å². The summed E-state index contributed by atoms with van der Waals surface area (Å²) in [6, 6.07) is 4.64. The minimum absolute atomic E-state index is 0.0179. The van der Waals surface area contributed by atoms with Crippen molar-refractivity contribution in [3.8, 4) is 0 Å².